The quantitative estimate of drug-likeness (QED) is 0.882. The first-order valence-electron chi connectivity index (χ1n) is 7.30. The molecule has 0 fully saturated rings. The molecule has 0 spiro atoms. The van der Waals surface area contributed by atoms with E-state index in [2.05, 4.69) is 0 Å². The van der Waals surface area contributed by atoms with Gasteiger partial charge in [-0.05, 0) is 24.6 Å². The summed E-state index contributed by atoms with van der Waals surface area (Å²) in [7, 11) is 0. The van der Waals surface area contributed by atoms with Gasteiger partial charge >= 0.3 is 6.18 Å². The average Bonchev–Trinajstić information content (AvgIpc) is 2.55. The lowest BCUT2D eigenvalue weighted by Crippen LogP contribution is -2.33. The molecule has 1 atom stereocenters. The van der Waals surface area contributed by atoms with E-state index in [-0.39, 0.29) is 5.69 Å². The molecule has 0 bridgehead atoms. The van der Waals surface area contributed by atoms with Gasteiger partial charge in [0.15, 0.2) is 0 Å². The molecule has 2 N–H and O–H groups in total. The van der Waals surface area contributed by atoms with Crippen LogP contribution in [0.15, 0.2) is 35.1 Å². The smallest absolute Gasteiger partial charge is 0.394 e. The SMILES string of the molecule is Cc1cccc(-c2cc(C(F)(F)F)c(C#N)c(=O)n2CC(O)CO)c1. The molecular formula is C17H15F3N2O3. The monoisotopic (exact) mass is 352 g/mol. The second-order valence-corrected chi connectivity index (χ2v) is 5.55. The van der Waals surface area contributed by atoms with Gasteiger partial charge in [0, 0.05) is 0 Å². The number of hydrogen-bond donors (Lipinski definition) is 2. The summed E-state index contributed by atoms with van der Waals surface area (Å²) in [5, 5.41) is 27.6. The maximum atomic E-state index is 13.3. The lowest BCUT2D eigenvalue weighted by molar-refractivity contribution is -0.137. The largest absolute Gasteiger partial charge is 0.417 e. The van der Waals surface area contributed by atoms with Crippen LogP contribution >= 0.6 is 0 Å². The van der Waals surface area contributed by atoms with Crippen molar-refractivity contribution in [3.8, 4) is 17.3 Å². The minimum absolute atomic E-state index is 0.0903. The molecule has 0 aliphatic carbocycles. The molecule has 1 heterocycles. The third-order valence-corrected chi connectivity index (χ3v) is 3.64. The van der Waals surface area contributed by atoms with Gasteiger partial charge in [0.1, 0.15) is 11.6 Å². The topological polar surface area (TPSA) is 86.2 Å². The first-order chi connectivity index (χ1) is 11.7. The number of halogens is 3. The maximum Gasteiger partial charge on any atom is 0.417 e. The summed E-state index contributed by atoms with van der Waals surface area (Å²) < 4.78 is 40.7. The number of alkyl halides is 3. The van der Waals surface area contributed by atoms with E-state index in [9.17, 15) is 23.1 Å². The van der Waals surface area contributed by atoms with Gasteiger partial charge in [-0.3, -0.25) is 4.79 Å². The van der Waals surface area contributed by atoms with Crippen LogP contribution in [-0.4, -0.2) is 27.5 Å². The highest BCUT2D eigenvalue weighted by Gasteiger charge is 2.36. The summed E-state index contributed by atoms with van der Waals surface area (Å²) >= 11 is 0. The van der Waals surface area contributed by atoms with Gasteiger partial charge in [-0.25, -0.2) is 0 Å². The van der Waals surface area contributed by atoms with Crippen LogP contribution in [0.1, 0.15) is 16.7 Å². The van der Waals surface area contributed by atoms with Crippen LogP contribution in [0.5, 0.6) is 0 Å². The van der Waals surface area contributed by atoms with Gasteiger partial charge in [0.25, 0.3) is 5.56 Å². The van der Waals surface area contributed by atoms with Crippen molar-refractivity contribution in [1.82, 2.24) is 4.57 Å². The molecule has 0 aliphatic heterocycles. The Morgan fingerprint density at radius 2 is 2.00 bits per heavy atom. The number of pyridine rings is 1. The van der Waals surface area contributed by atoms with Crippen LogP contribution in [0.25, 0.3) is 11.3 Å². The molecule has 5 nitrogen and oxygen atoms in total. The Labute approximate surface area is 141 Å². The van der Waals surface area contributed by atoms with E-state index < -0.39 is 42.1 Å². The lowest BCUT2D eigenvalue weighted by Gasteiger charge is -2.19. The Balaban J connectivity index is 2.85. The first kappa shape index (κ1) is 18.7. The number of hydrogen-bond acceptors (Lipinski definition) is 4. The number of aliphatic hydroxyl groups excluding tert-OH is 2. The Hall–Kier alpha value is -2.63. The van der Waals surface area contributed by atoms with Gasteiger partial charge in [-0.1, -0.05) is 23.8 Å². The molecule has 0 saturated heterocycles. The van der Waals surface area contributed by atoms with Crippen LogP contribution < -0.4 is 5.56 Å². The minimum atomic E-state index is -4.88. The number of aliphatic hydroxyl groups is 2. The highest BCUT2D eigenvalue weighted by molar-refractivity contribution is 5.63. The molecule has 0 radical (unpaired) electrons. The third kappa shape index (κ3) is 3.90. The predicted octanol–water partition coefficient (Wildman–Crippen LogP) is 2.07. The predicted molar refractivity (Wildman–Crippen MR) is 83.7 cm³/mol. The number of rotatable bonds is 4. The molecule has 1 aromatic heterocycles. The summed E-state index contributed by atoms with van der Waals surface area (Å²) in [4.78, 5) is 12.4. The summed E-state index contributed by atoms with van der Waals surface area (Å²) in [6.45, 7) is 0.622. The zero-order chi connectivity index (χ0) is 18.8. The van der Waals surface area contributed by atoms with E-state index in [1.165, 1.54) is 12.1 Å². The standard InChI is InChI=1S/C17H15F3N2O3/c1-10-3-2-4-11(5-10)15-6-14(17(18,19)20)13(7-21)16(25)22(15)8-12(24)9-23/h2-6,12,23-24H,8-9H2,1H3. The maximum absolute atomic E-state index is 13.3. The summed E-state index contributed by atoms with van der Waals surface area (Å²) in [6.07, 6.45) is -6.23. The van der Waals surface area contributed by atoms with Crippen LogP contribution in [0, 0.1) is 18.3 Å². The molecule has 2 aromatic rings. The molecule has 2 rings (SSSR count). The van der Waals surface area contributed by atoms with E-state index in [0.29, 0.717) is 5.56 Å². The fourth-order valence-electron chi connectivity index (χ4n) is 2.47. The van der Waals surface area contributed by atoms with Crippen molar-refractivity contribution in [2.75, 3.05) is 6.61 Å². The van der Waals surface area contributed by atoms with Crippen molar-refractivity contribution in [3.05, 3.63) is 57.4 Å². The fourth-order valence-corrected chi connectivity index (χ4v) is 2.47. The molecule has 25 heavy (non-hydrogen) atoms. The van der Waals surface area contributed by atoms with Crippen LogP contribution in [0.2, 0.25) is 0 Å². The zero-order valence-electron chi connectivity index (χ0n) is 13.2. The fraction of sp³-hybridized carbons (Fsp3) is 0.294. The van der Waals surface area contributed by atoms with Gasteiger partial charge < -0.3 is 14.8 Å². The highest BCUT2D eigenvalue weighted by atomic mass is 19.4. The van der Waals surface area contributed by atoms with E-state index in [1.807, 2.05) is 0 Å². The van der Waals surface area contributed by atoms with Crippen molar-refractivity contribution in [2.24, 2.45) is 0 Å². The number of nitriles is 1. The zero-order valence-corrected chi connectivity index (χ0v) is 13.2. The number of aryl methyl sites for hydroxylation is 1. The Morgan fingerprint density at radius 3 is 2.52 bits per heavy atom. The molecule has 0 amide bonds. The van der Waals surface area contributed by atoms with Crippen LogP contribution in [0.4, 0.5) is 13.2 Å². The highest BCUT2D eigenvalue weighted by Crippen LogP contribution is 2.33. The van der Waals surface area contributed by atoms with Crippen molar-refractivity contribution in [1.29, 1.82) is 5.26 Å². The van der Waals surface area contributed by atoms with Crippen LogP contribution in [0.3, 0.4) is 0 Å². The van der Waals surface area contributed by atoms with Gasteiger partial charge in [-0.2, -0.15) is 18.4 Å². The van der Waals surface area contributed by atoms with E-state index >= 15 is 0 Å². The van der Waals surface area contributed by atoms with Crippen molar-refractivity contribution >= 4 is 0 Å². The minimum Gasteiger partial charge on any atom is -0.394 e. The summed E-state index contributed by atoms with van der Waals surface area (Å²) in [5.74, 6) is 0. The number of aromatic nitrogens is 1. The Kier molecular flexibility index (Phi) is 5.30. The van der Waals surface area contributed by atoms with Crippen molar-refractivity contribution in [3.63, 3.8) is 0 Å². The molecular weight excluding hydrogens is 337 g/mol. The Morgan fingerprint density at radius 1 is 1.32 bits per heavy atom. The summed E-state index contributed by atoms with van der Waals surface area (Å²) in [6, 6.07) is 8.48. The second kappa shape index (κ2) is 7.09. The normalized spacial score (nSPS) is 12.7. The molecule has 132 valence electrons. The number of benzene rings is 1. The molecule has 1 unspecified atom stereocenters. The van der Waals surface area contributed by atoms with E-state index in [0.717, 1.165) is 16.2 Å². The van der Waals surface area contributed by atoms with Crippen molar-refractivity contribution in [2.45, 2.75) is 25.7 Å². The van der Waals surface area contributed by atoms with E-state index in [1.54, 1.807) is 25.1 Å². The van der Waals surface area contributed by atoms with Crippen molar-refractivity contribution < 1.29 is 23.4 Å². The first-order valence-corrected chi connectivity index (χ1v) is 7.30. The van der Waals surface area contributed by atoms with Crippen LogP contribution in [-0.2, 0) is 12.7 Å². The summed E-state index contributed by atoms with van der Waals surface area (Å²) in [5.41, 5.74) is -2.54. The van der Waals surface area contributed by atoms with Gasteiger partial charge in [-0.15, -0.1) is 0 Å². The molecule has 0 saturated carbocycles. The lowest BCUT2D eigenvalue weighted by atomic mass is 10.0. The molecule has 1 aromatic carbocycles. The molecule has 0 aliphatic rings. The molecule has 8 heteroatoms. The Bertz CT molecular complexity index is 882. The average molecular weight is 352 g/mol. The van der Waals surface area contributed by atoms with Gasteiger partial charge in [0.2, 0.25) is 0 Å². The van der Waals surface area contributed by atoms with Gasteiger partial charge in [0.05, 0.1) is 30.5 Å². The third-order valence-electron chi connectivity index (χ3n) is 3.64. The van der Waals surface area contributed by atoms with E-state index in [4.69, 9.17) is 10.4 Å². The second-order valence-electron chi connectivity index (χ2n) is 5.55. The number of nitrogens with zero attached hydrogens (tertiary/aromatic N) is 2.